The molecule has 0 aromatic heterocycles. The maximum Gasteiger partial charge on any atom is 0.271 e. The van der Waals surface area contributed by atoms with E-state index in [-0.39, 0.29) is 8.89 Å². The molecule has 2 aliphatic heterocycles. The zero-order valence-electron chi connectivity index (χ0n) is 13.8. The molecule has 2 rings (SSSR count). The van der Waals surface area contributed by atoms with Crippen LogP contribution < -0.4 is 0 Å². The number of nitrogens with zero attached hydrogens (tertiary/aromatic N) is 2. The van der Waals surface area contributed by atoms with Crippen molar-refractivity contribution >= 4 is 76.0 Å². The number of hydrogen-bond acceptors (Lipinski definition) is 12. The SMILES string of the molecule is O=C(SSCCCSSC(=O)SN1CCOCC1)SN1CCOCC1. The van der Waals surface area contributed by atoms with E-state index in [2.05, 4.69) is 8.61 Å². The summed E-state index contributed by atoms with van der Waals surface area (Å²) in [4.78, 5) is 23.7. The molecule has 144 valence electrons. The van der Waals surface area contributed by atoms with Crippen LogP contribution in [0.25, 0.3) is 0 Å². The molecule has 0 spiro atoms. The van der Waals surface area contributed by atoms with E-state index in [4.69, 9.17) is 9.47 Å². The first-order chi connectivity index (χ1) is 12.2. The molecular weight excluding hydrogens is 441 g/mol. The predicted octanol–water partition coefficient (Wildman–Crippen LogP) is 4.34. The molecule has 2 fully saturated rings. The van der Waals surface area contributed by atoms with Gasteiger partial charge in [0.1, 0.15) is 0 Å². The van der Waals surface area contributed by atoms with E-state index in [1.54, 1.807) is 21.6 Å². The van der Waals surface area contributed by atoms with Gasteiger partial charge in [0.15, 0.2) is 0 Å². The van der Waals surface area contributed by atoms with Crippen LogP contribution in [0, 0.1) is 0 Å². The molecule has 2 saturated heterocycles. The summed E-state index contributed by atoms with van der Waals surface area (Å²) in [6, 6.07) is 0. The lowest BCUT2D eigenvalue weighted by Gasteiger charge is -2.23. The average Bonchev–Trinajstić information content (AvgIpc) is 2.62. The summed E-state index contributed by atoms with van der Waals surface area (Å²) in [7, 11) is 5.80. The molecule has 0 unspecified atom stereocenters. The maximum absolute atomic E-state index is 11.8. The second kappa shape index (κ2) is 14.3. The zero-order chi connectivity index (χ0) is 17.7. The van der Waals surface area contributed by atoms with Crippen molar-refractivity contribution in [2.24, 2.45) is 0 Å². The fourth-order valence-corrected chi connectivity index (χ4v) is 8.10. The molecule has 0 radical (unpaired) electrons. The number of carbonyl (C=O) groups excluding carboxylic acids is 2. The van der Waals surface area contributed by atoms with Gasteiger partial charge in [-0.2, -0.15) is 0 Å². The third-order valence-corrected chi connectivity index (χ3v) is 10.2. The molecule has 0 N–H and O–H groups in total. The molecule has 0 aromatic rings. The number of carbonyl (C=O) groups is 2. The van der Waals surface area contributed by atoms with Gasteiger partial charge in [0.05, 0.1) is 26.4 Å². The Kier molecular flexibility index (Phi) is 12.9. The molecule has 0 amide bonds. The van der Waals surface area contributed by atoms with Gasteiger partial charge >= 0.3 is 0 Å². The quantitative estimate of drug-likeness (QED) is 0.293. The third kappa shape index (κ3) is 11.0. The Hall–Kier alpha value is 1.28. The number of morpholine rings is 2. The normalized spacial score (nSPS) is 19.8. The van der Waals surface area contributed by atoms with Crippen molar-refractivity contribution in [3.05, 3.63) is 0 Å². The molecule has 2 heterocycles. The Bertz CT molecular complexity index is 372. The molecule has 6 nitrogen and oxygen atoms in total. The lowest BCUT2D eigenvalue weighted by atomic mass is 10.5. The lowest BCUT2D eigenvalue weighted by molar-refractivity contribution is 0.0775. The smallest absolute Gasteiger partial charge is 0.271 e. The van der Waals surface area contributed by atoms with Crippen LogP contribution in [0.5, 0.6) is 0 Å². The predicted molar refractivity (Wildman–Crippen MR) is 115 cm³/mol. The third-order valence-electron chi connectivity index (χ3n) is 3.06. The summed E-state index contributed by atoms with van der Waals surface area (Å²) in [6.07, 6.45) is 0.986. The van der Waals surface area contributed by atoms with Crippen molar-refractivity contribution in [1.82, 2.24) is 8.61 Å². The first-order valence-corrected chi connectivity index (χ1v) is 14.1. The highest BCUT2D eigenvalue weighted by Crippen LogP contribution is 2.34. The first kappa shape index (κ1) is 22.6. The zero-order valence-corrected chi connectivity index (χ0v) is 18.7. The molecule has 0 aromatic carbocycles. The van der Waals surface area contributed by atoms with Gasteiger partial charge in [0, 0.05) is 61.6 Å². The van der Waals surface area contributed by atoms with Crippen molar-refractivity contribution in [2.45, 2.75) is 6.42 Å². The van der Waals surface area contributed by atoms with E-state index in [9.17, 15) is 9.59 Å². The first-order valence-electron chi connectivity index (χ1n) is 7.92. The maximum atomic E-state index is 11.8. The summed E-state index contributed by atoms with van der Waals surface area (Å²) >= 11 is 2.59. The van der Waals surface area contributed by atoms with Crippen LogP contribution in [0.1, 0.15) is 6.42 Å². The molecule has 0 aliphatic carbocycles. The van der Waals surface area contributed by atoms with Crippen LogP contribution in [0.4, 0.5) is 9.59 Å². The second-order valence-electron chi connectivity index (χ2n) is 4.93. The van der Waals surface area contributed by atoms with Crippen molar-refractivity contribution in [2.75, 3.05) is 64.1 Å². The van der Waals surface area contributed by atoms with Gasteiger partial charge in [0.2, 0.25) is 0 Å². The summed E-state index contributed by atoms with van der Waals surface area (Å²) in [5, 5.41) is 0. The second-order valence-corrected chi connectivity index (χ2v) is 12.4. The topological polar surface area (TPSA) is 59.1 Å². The average molecular weight is 463 g/mol. The Balaban J connectivity index is 1.38. The van der Waals surface area contributed by atoms with Gasteiger partial charge in [-0.3, -0.25) is 9.59 Å². The highest BCUT2D eigenvalue weighted by atomic mass is 33.1. The van der Waals surface area contributed by atoms with Crippen molar-refractivity contribution in [3.63, 3.8) is 0 Å². The Morgan fingerprint density at radius 3 is 1.52 bits per heavy atom. The standard InChI is InChI=1S/C13H22N2O4S6/c16-12(22-14-2-6-18-7-3-14)24-20-10-1-11-21-25-13(17)23-15-4-8-19-9-5-15/h1-11H2. The van der Waals surface area contributed by atoms with E-state index < -0.39 is 0 Å². The minimum atomic E-state index is 0.131. The fourth-order valence-electron chi connectivity index (χ4n) is 1.87. The van der Waals surface area contributed by atoms with Gasteiger partial charge < -0.3 is 9.47 Å². The van der Waals surface area contributed by atoms with Crippen LogP contribution in [0.15, 0.2) is 0 Å². The summed E-state index contributed by atoms with van der Waals surface area (Å²) in [6.45, 7) is 6.06. The van der Waals surface area contributed by atoms with E-state index >= 15 is 0 Å². The van der Waals surface area contributed by atoms with Crippen molar-refractivity contribution < 1.29 is 19.1 Å². The van der Waals surface area contributed by atoms with Crippen LogP contribution in [0.3, 0.4) is 0 Å². The molecular formula is C13H22N2O4S6. The molecule has 2 aliphatic rings. The monoisotopic (exact) mass is 462 g/mol. The molecule has 25 heavy (non-hydrogen) atoms. The highest BCUT2D eigenvalue weighted by molar-refractivity contribution is 8.86. The van der Waals surface area contributed by atoms with Crippen LogP contribution in [-0.2, 0) is 9.47 Å². The van der Waals surface area contributed by atoms with Gasteiger partial charge in [-0.05, 0) is 28.0 Å². The van der Waals surface area contributed by atoms with Crippen LogP contribution >= 0.6 is 67.1 Å². The Labute approximate surface area is 173 Å². The van der Waals surface area contributed by atoms with Crippen molar-refractivity contribution in [3.8, 4) is 0 Å². The van der Waals surface area contributed by atoms with Crippen molar-refractivity contribution in [1.29, 1.82) is 0 Å². The van der Waals surface area contributed by atoms with Gasteiger partial charge in [-0.15, -0.1) is 0 Å². The van der Waals surface area contributed by atoms with E-state index in [1.165, 1.54) is 45.5 Å². The molecule has 12 heteroatoms. The minimum Gasteiger partial charge on any atom is -0.379 e. The van der Waals surface area contributed by atoms with E-state index in [0.717, 1.165) is 44.1 Å². The number of rotatable bonds is 8. The van der Waals surface area contributed by atoms with Gasteiger partial charge in [-0.25, -0.2) is 8.61 Å². The molecule has 0 bridgehead atoms. The van der Waals surface area contributed by atoms with Crippen LogP contribution in [0.2, 0.25) is 0 Å². The summed E-state index contributed by atoms with van der Waals surface area (Å²) < 4.78 is 14.9. The highest BCUT2D eigenvalue weighted by Gasteiger charge is 2.17. The Morgan fingerprint density at radius 1 is 0.720 bits per heavy atom. The summed E-state index contributed by atoms with van der Waals surface area (Å²) in [5.74, 6) is 1.83. The number of hydrogen-bond donors (Lipinski definition) is 0. The summed E-state index contributed by atoms with van der Waals surface area (Å²) in [5.41, 5.74) is 0. The van der Waals surface area contributed by atoms with Crippen LogP contribution in [-0.4, -0.2) is 81.6 Å². The van der Waals surface area contributed by atoms with Gasteiger partial charge in [0.25, 0.3) is 8.89 Å². The minimum absolute atomic E-state index is 0.131. The Morgan fingerprint density at radius 2 is 1.12 bits per heavy atom. The molecule has 0 saturated carbocycles. The van der Waals surface area contributed by atoms with E-state index in [0.29, 0.717) is 26.4 Å². The van der Waals surface area contributed by atoms with E-state index in [1.807, 2.05) is 0 Å². The lowest BCUT2D eigenvalue weighted by Crippen LogP contribution is -2.31. The molecule has 0 atom stereocenters. The van der Waals surface area contributed by atoms with Gasteiger partial charge in [-0.1, -0.05) is 21.6 Å². The largest absolute Gasteiger partial charge is 0.379 e. The fraction of sp³-hybridized carbons (Fsp3) is 0.846. The number of ether oxygens (including phenoxy) is 2.